The molecule has 2 N–H and O–H groups in total. The monoisotopic (exact) mass is 604 g/mol. The zero-order valence-electron chi connectivity index (χ0n) is 17.7. The number of rotatable bonds is 7. The standard InChI is InChI=1S/C22H17BrCl2F6N2O2/c1-11(19(34)32-10-21(26,27)28)33-20(35)16-4-2-12(6-18(16)23)3-5-17(22(29,30)31)13-7-14(24)9-15(25)8-13/h2-9,11,17H,10H2,1H3,(H,32,34)(H,33,35). The Hall–Kier alpha value is -2.24. The molecule has 13 heteroatoms. The van der Waals surface area contributed by atoms with Crippen LogP contribution >= 0.6 is 39.1 Å². The number of halogens is 9. The van der Waals surface area contributed by atoms with Crippen molar-refractivity contribution < 1.29 is 35.9 Å². The Morgan fingerprint density at radius 1 is 1.03 bits per heavy atom. The third-order valence-corrected chi connectivity index (χ3v) is 5.61. The third-order valence-electron chi connectivity index (χ3n) is 4.52. The van der Waals surface area contributed by atoms with E-state index in [1.54, 1.807) is 5.32 Å². The molecule has 2 aromatic carbocycles. The minimum atomic E-state index is -4.63. The number of carbonyl (C=O) groups excluding carboxylic acids is 2. The molecule has 0 aliphatic rings. The average molecular weight is 606 g/mol. The molecule has 0 aliphatic carbocycles. The van der Waals surface area contributed by atoms with Gasteiger partial charge in [0.1, 0.15) is 12.6 Å². The minimum Gasteiger partial charge on any atom is -0.345 e. The lowest BCUT2D eigenvalue weighted by Crippen LogP contribution is -2.47. The van der Waals surface area contributed by atoms with E-state index in [0.29, 0.717) is 5.56 Å². The first-order valence-corrected chi connectivity index (χ1v) is 11.3. The van der Waals surface area contributed by atoms with Crippen LogP contribution in [0.25, 0.3) is 6.08 Å². The van der Waals surface area contributed by atoms with Gasteiger partial charge in [0.05, 0.1) is 11.5 Å². The molecular weight excluding hydrogens is 589 g/mol. The average Bonchev–Trinajstić information content (AvgIpc) is 2.69. The molecule has 0 fully saturated rings. The van der Waals surface area contributed by atoms with Gasteiger partial charge in [-0.05, 0) is 64.3 Å². The number of alkyl halides is 6. The van der Waals surface area contributed by atoms with E-state index in [1.165, 1.54) is 37.3 Å². The molecule has 0 saturated heterocycles. The maximum absolute atomic E-state index is 13.6. The number of amides is 2. The second kappa shape index (κ2) is 11.7. The molecule has 35 heavy (non-hydrogen) atoms. The largest absolute Gasteiger partial charge is 0.405 e. The van der Waals surface area contributed by atoms with E-state index >= 15 is 0 Å². The summed E-state index contributed by atoms with van der Waals surface area (Å²) in [6, 6.07) is 6.38. The van der Waals surface area contributed by atoms with E-state index in [4.69, 9.17) is 23.2 Å². The van der Waals surface area contributed by atoms with Gasteiger partial charge in [0.15, 0.2) is 0 Å². The fourth-order valence-electron chi connectivity index (χ4n) is 2.87. The van der Waals surface area contributed by atoms with Gasteiger partial charge in [0.2, 0.25) is 5.91 Å². The maximum Gasteiger partial charge on any atom is 0.405 e. The predicted molar refractivity (Wildman–Crippen MR) is 124 cm³/mol. The number of hydrogen-bond acceptors (Lipinski definition) is 2. The van der Waals surface area contributed by atoms with Gasteiger partial charge in [0.25, 0.3) is 5.91 Å². The van der Waals surface area contributed by atoms with Crippen molar-refractivity contribution in [2.24, 2.45) is 0 Å². The van der Waals surface area contributed by atoms with Crippen molar-refractivity contribution in [3.8, 4) is 0 Å². The minimum absolute atomic E-state index is 0.0200. The Kier molecular flexibility index (Phi) is 9.66. The number of nitrogens with one attached hydrogen (secondary N) is 2. The smallest absolute Gasteiger partial charge is 0.345 e. The van der Waals surface area contributed by atoms with Crippen LogP contribution in [0.15, 0.2) is 46.9 Å². The Bertz CT molecular complexity index is 1100. The number of allylic oxidation sites excluding steroid dienone is 1. The van der Waals surface area contributed by atoms with Crippen molar-refractivity contribution in [2.45, 2.75) is 31.2 Å². The van der Waals surface area contributed by atoms with Crippen LogP contribution in [0.1, 0.15) is 34.3 Å². The summed E-state index contributed by atoms with van der Waals surface area (Å²) < 4.78 is 77.7. The highest BCUT2D eigenvalue weighted by atomic mass is 79.9. The predicted octanol–water partition coefficient (Wildman–Crippen LogP) is 6.91. The second-order valence-corrected chi connectivity index (χ2v) is 9.08. The number of carbonyl (C=O) groups is 2. The molecule has 0 aliphatic heterocycles. The zero-order valence-corrected chi connectivity index (χ0v) is 20.8. The topological polar surface area (TPSA) is 58.2 Å². The molecule has 0 bridgehead atoms. The summed E-state index contributed by atoms with van der Waals surface area (Å²) in [4.78, 5) is 24.1. The van der Waals surface area contributed by atoms with Crippen molar-refractivity contribution >= 4 is 57.0 Å². The quantitative estimate of drug-likeness (QED) is 0.337. The first-order valence-electron chi connectivity index (χ1n) is 9.72. The van der Waals surface area contributed by atoms with Crippen LogP contribution in [0, 0.1) is 0 Å². The normalized spacial score (nSPS) is 14.0. The Balaban J connectivity index is 2.16. The Morgan fingerprint density at radius 2 is 1.63 bits per heavy atom. The van der Waals surface area contributed by atoms with E-state index in [0.717, 1.165) is 18.2 Å². The molecule has 0 spiro atoms. The maximum atomic E-state index is 13.6. The molecule has 190 valence electrons. The SMILES string of the molecule is CC(NC(=O)c1ccc(C=CC(c2cc(Cl)cc(Cl)c2)C(F)(F)F)cc1Br)C(=O)NCC(F)(F)F. The van der Waals surface area contributed by atoms with Gasteiger partial charge in [-0.15, -0.1) is 0 Å². The van der Waals surface area contributed by atoms with Crippen LogP contribution in [0.2, 0.25) is 10.0 Å². The van der Waals surface area contributed by atoms with Gasteiger partial charge in [-0.1, -0.05) is 41.4 Å². The first kappa shape index (κ1) is 29.0. The van der Waals surface area contributed by atoms with E-state index in [9.17, 15) is 35.9 Å². The summed E-state index contributed by atoms with van der Waals surface area (Å²) in [5.74, 6) is -3.81. The molecule has 0 saturated carbocycles. The van der Waals surface area contributed by atoms with Gasteiger partial charge in [-0.25, -0.2) is 0 Å². The lowest BCUT2D eigenvalue weighted by molar-refractivity contribution is -0.139. The lowest BCUT2D eigenvalue weighted by atomic mass is 9.97. The summed E-state index contributed by atoms with van der Waals surface area (Å²) in [7, 11) is 0. The second-order valence-electron chi connectivity index (χ2n) is 7.35. The molecule has 0 aromatic heterocycles. The summed E-state index contributed by atoms with van der Waals surface area (Å²) in [6.07, 6.45) is -7.12. The highest BCUT2D eigenvalue weighted by Crippen LogP contribution is 2.38. The van der Waals surface area contributed by atoms with E-state index < -0.39 is 42.7 Å². The highest BCUT2D eigenvalue weighted by Gasteiger charge is 2.39. The van der Waals surface area contributed by atoms with Gasteiger partial charge >= 0.3 is 12.4 Å². The van der Waals surface area contributed by atoms with Crippen LogP contribution in [-0.4, -0.2) is 36.8 Å². The number of benzene rings is 2. The Morgan fingerprint density at radius 3 is 2.14 bits per heavy atom. The fourth-order valence-corrected chi connectivity index (χ4v) is 3.99. The zero-order chi connectivity index (χ0) is 26.6. The molecule has 2 atom stereocenters. The molecule has 2 aromatic rings. The van der Waals surface area contributed by atoms with Crippen LogP contribution in [0.3, 0.4) is 0 Å². The molecule has 0 heterocycles. The van der Waals surface area contributed by atoms with Crippen LogP contribution < -0.4 is 10.6 Å². The third kappa shape index (κ3) is 9.05. The summed E-state index contributed by atoms with van der Waals surface area (Å²) in [6.45, 7) is -0.342. The first-order chi connectivity index (χ1) is 16.1. The van der Waals surface area contributed by atoms with Crippen molar-refractivity contribution in [3.63, 3.8) is 0 Å². The van der Waals surface area contributed by atoms with E-state index in [1.807, 2.05) is 0 Å². The van der Waals surface area contributed by atoms with Crippen molar-refractivity contribution in [1.82, 2.24) is 10.6 Å². The van der Waals surface area contributed by atoms with Crippen molar-refractivity contribution in [1.29, 1.82) is 0 Å². The molecule has 4 nitrogen and oxygen atoms in total. The van der Waals surface area contributed by atoms with Crippen LogP contribution in [-0.2, 0) is 4.79 Å². The van der Waals surface area contributed by atoms with Gasteiger partial charge in [-0.3, -0.25) is 9.59 Å². The number of hydrogen-bond donors (Lipinski definition) is 2. The highest BCUT2D eigenvalue weighted by molar-refractivity contribution is 9.10. The van der Waals surface area contributed by atoms with Gasteiger partial charge in [-0.2, -0.15) is 26.3 Å². The van der Waals surface area contributed by atoms with Crippen molar-refractivity contribution in [3.05, 3.63) is 73.7 Å². The molecule has 0 radical (unpaired) electrons. The van der Waals surface area contributed by atoms with Crippen LogP contribution in [0.5, 0.6) is 0 Å². The molecule has 2 rings (SSSR count). The Labute approximate surface area is 214 Å². The van der Waals surface area contributed by atoms with Crippen molar-refractivity contribution in [2.75, 3.05) is 6.54 Å². The van der Waals surface area contributed by atoms with E-state index in [2.05, 4.69) is 21.2 Å². The summed E-state index contributed by atoms with van der Waals surface area (Å²) >= 11 is 14.8. The van der Waals surface area contributed by atoms with E-state index in [-0.39, 0.29) is 25.6 Å². The molecular formula is C22H17BrCl2F6N2O2. The van der Waals surface area contributed by atoms with Gasteiger partial charge in [0, 0.05) is 14.5 Å². The molecule has 2 amide bonds. The van der Waals surface area contributed by atoms with Gasteiger partial charge < -0.3 is 10.6 Å². The molecule has 2 unspecified atom stereocenters. The van der Waals surface area contributed by atoms with Crippen LogP contribution in [0.4, 0.5) is 26.3 Å². The summed E-state index contributed by atoms with van der Waals surface area (Å²) in [5, 5.41) is 4.01. The lowest BCUT2D eigenvalue weighted by Gasteiger charge is -2.18. The fraction of sp³-hybridized carbons (Fsp3) is 0.273. The summed E-state index contributed by atoms with van der Waals surface area (Å²) in [5.41, 5.74) is 0.178.